The van der Waals surface area contributed by atoms with Gasteiger partial charge in [0.05, 0.1) is 0 Å². The first-order valence-electron chi connectivity index (χ1n) is 10.7. The zero-order chi connectivity index (χ0) is 21.4. The van der Waals surface area contributed by atoms with Crippen LogP contribution in [0.2, 0.25) is 5.04 Å². The van der Waals surface area contributed by atoms with Crippen molar-refractivity contribution in [2.75, 3.05) is 0 Å². The quantitative estimate of drug-likeness (QED) is 0.593. The van der Waals surface area contributed by atoms with Crippen molar-refractivity contribution in [3.8, 4) is 0 Å². The molecule has 3 aromatic rings. The van der Waals surface area contributed by atoms with Crippen molar-refractivity contribution < 1.29 is 9.19 Å². The molecule has 0 spiro atoms. The predicted molar refractivity (Wildman–Crippen MR) is 124 cm³/mol. The number of rotatable bonds is 5. The molecule has 156 valence electrons. The fourth-order valence-corrected chi connectivity index (χ4v) is 9.00. The van der Waals surface area contributed by atoms with E-state index in [0.717, 1.165) is 40.8 Å². The van der Waals surface area contributed by atoms with Gasteiger partial charge < -0.3 is 10.5 Å². The van der Waals surface area contributed by atoms with E-state index in [1.54, 1.807) is 6.07 Å². The molecule has 0 fully saturated rings. The third-order valence-electron chi connectivity index (χ3n) is 6.83. The lowest BCUT2D eigenvalue weighted by Gasteiger charge is -2.44. The third-order valence-corrected chi connectivity index (χ3v) is 11.3. The zero-order valence-corrected chi connectivity index (χ0v) is 18.7. The van der Waals surface area contributed by atoms with Gasteiger partial charge in [-0.3, -0.25) is 0 Å². The Kier molecular flexibility index (Phi) is 5.67. The van der Waals surface area contributed by atoms with Crippen molar-refractivity contribution in [2.45, 2.75) is 50.1 Å². The molecule has 0 amide bonds. The molecule has 0 saturated carbocycles. The van der Waals surface area contributed by atoms with Crippen LogP contribution in [0, 0.1) is 5.82 Å². The number of hydrogen-bond donors (Lipinski definition) is 2. The Morgan fingerprint density at radius 2 is 1.47 bits per heavy atom. The molecule has 4 heteroatoms. The molecule has 1 aliphatic rings. The summed E-state index contributed by atoms with van der Waals surface area (Å²) in [4.78, 5) is 12.4. The van der Waals surface area contributed by atoms with Crippen LogP contribution in [0.25, 0.3) is 0 Å². The second-order valence-electron chi connectivity index (χ2n) is 9.18. The maximum absolute atomic E-state index is 13.9. The second-order valence-corrected chi connectivity index (χ2v) is 13.1. The maximum Gasteiger partial charge on any atom is 0.258 e. The summed E-state index contributed by atoms with van der Waals surface area (Å²) in [5.74, 6) is 0.0189. The minimum Gasteiger partial charge on any atom is -0.424 e. The van der Waals surface area contributed by atoms with Crippen molar-refractivity contribution in [2.24, 2.45) is 5.73 Å². The van der Waals surface area contributed by atoms with Gasteiger partial charge in [0.2, 0.25) is 0 Å². The number of nitrogens with two attached hydrogens (primary N) is 1. The molecule has 3 N–H and O–H groups in total. The average Bonchev–Trinajstić information content (AvgIpc) is 2.76. The molecule has 2 nitrogen and oxygen atoms in total. The summed E-state index contributed by atoms with van der Waals surface area (Å²) in [6.45, 7) is 4.38. The molecule has 4 rings (SSSR count). The fourth-order valence-electron chi connectivity index (χ4n) is 5.21. The summed E-state index contributed by atoms with van der Waals surface area (Å²) >= 11 is 0. The summed E-state index contributed by atoms with van der Waals surface area (Å²) in [5, 5.41) is 1.70. The zero-order valence-electron chi connectivity index (χ0n) is 17.7. The molecule has 0 bridgehead atoms. The summed E-state index contributed by atoms with van der Waals surface area (Å²) in [6.07, 6.45) is 2.62. The highest BCUT2D eigenvalue weighted by molar-refractivity contribution is 6.98. The van der Waals surface area contributed by atoms with Gasteiger partial charge in [0.1, 0.15) is 5.82 Å². The van der Waals surface area contributed by atoms with Gasteiger partial charge in [0.25, 0.3) is 8.32 Å². The Hall–Kier alpha value is -2.27. The number of benzene rings is 3. The summed E-state index contributed by atoms with van der Waals surface area (Å²) in [5.41, 5.74) is 8.36. The van der Waals surface area contributed by atoms with E-state index in [1.165, 1.54) is 6.07 Å². The third kappa shape index (κ3) is 3.64. The number of hydrogen-bond acceptors (Lipinski definition) is 2. The van der Waals surface area contributed by atoms with Crippen LogP contribution in [0.5, 0.6) is 0 Å². The van der Waals surface area contributed by atoms with Crippen LogP contribution in [0.4, 0.5) is 4.39 Å². The van der Waals surface area contributed by atoms with Crippen LogP contribution in [-0.4, -0.2) is 13.1 Å². The molecule has 0 aromatic heterocycles. The van der Waals surface area contributed by atoms with Crippen molar-refractivity contribution in [1.29, 1.82) is 0 Å². The first-order valence-corrected chi connectivity index (χ1v) is 12.7. The monoisotopic (exact) mass is 419 g/mol. The van der Waals surface area contributed by atoms with E-state index < -0.39 is 8.32 Å². The Bertz CT molecular complexity index is 967. The molecule has 0 heterocycles. The van der Waals surface area contributed by atoms with Crippen LogP contribution in [0.1, 0.15) is 56.2 Å². The lowest BCUT2D eigenvalue weighted by molar-refractivity contribution is 0.393. The van der Waals surface area contributed by atoms with E-state index in [4.69, 9.17) is 5.73 Å². The van der Waals surface area contributed by atoms with E-state index in [1.807, 2.05) is 42.5 Å². The Labute approximate surface area is 179 Å². The molecule has 2 atom stereocenters. The molecule has 0 saturated heterocycles. The average molecular weight is 420 g/mol. The van der Waals surface area contributed by atoms with Gasteiger partial charge in [-0.1, -0.05) is 80.6 Å². The minimum atomic E-state index is -3.07. The van der Waals surface area contributed by atoms with Gasteiger partial charge in [0.15, 0.2) is 0 Å². The van der Waals surface area contributed by atoms with E-state index in [-0.39, 0.29) is 22.8 Å². The number of halogens is 1. The van der Waals surface area contributed by atoms with E-state index >= 15 is 0 Å². The topological polar surface area (TPSA) is 46.2 Å². The van der Waals surface area contributed by atoms with Gasteiger partial charge in [-0.2, -0.15) is 0 Å². The van der Waals surface area contributed by atoms with Gasteiger partial charge in [-0.15, -0.1) is 0 Å². The highest BCUT2D eigenvalue weighted by atomic mass is 28.4. The highest BCUT2D eigenvalue weighted by Gasteiger charge is 2.51. The Balaban J connectivity index is 1.77. The Morgan fingerprint density at radius 3 is 2.03 bits per heavy atom. The first kappa shape index (κ1) is 21.0. The normalized spacial score (nSPS) is 19.4. The standard InChI is InChI=1S/C26H30FNOSi/c1-26(2,18-19-13-16-25(28)24-17-20(27)14-15-23(19)24)30(29,21-9-5-3-6-10-21)22-11-7-4-8-12-22/h3-12,14-15,17,19,25,29H,13,16,18,28H2,1-2H3/t19-,25+/m0/s1. The molecule has 30 heavy (non-hydrogen) atoms. The van der Waals surface area contributed by atoms with Gasteiger partial charge >= 0.3 is 0 Å². The largest absolute Gasteiger partial charge is 0.424 e. The van der Waals surface area contributed by atoms with Crippen LogP contribution in [0.3, 0.4) is 0 Å². The van der Waals surface area contributed by atoms with Gasteiger partial charge in [0, 0.05) is 6.04 Å². The molecule has 3 aromatic carbocycles. The van der Waals surface area contributed by atoms with E-state index in [0.29, 0.717) is 0 Å². The fraction of sp³-hybridized carbons (Fsp3) is 0.308. The van der Waals surface area contributed by atoms with Gasteiger partial charge in [-0.05, 0) is 63.9 Å². The minimum absolute atomic E-state index is 0.116. The highest BCUT2D eigenvalue weighted by Crippen LogP contribution is 2.48. The molecular weight excluding hydrogens is 389 g/mol. The smallest absolute Gasteiger partial charge is 0.258 e. The first-order chi connectivity index (χ1) is 14.3. The van der Waals surface area contributed by atoms with Crippen LogP contribution < -0.4 is 16.1 Å². The summed E-state index contributed by atoms with van der Waals surface area (Å²) in [6, 6.07) is 25.1. The molecular formula is C26H30FNOSi. The van der Waals surface area contributed by atoms with Crippen molar-refractivity contribution >= 4 is 18.7 Å². The molecule has 1 aliphatic carbocycles. The lowest BCUT2D eigenvalue weighted by Crippen LogP contribution is -2.65. The van der Waals surface area contributed by atoms with Crippen LogP contribution in [-0.2, 0) is 0 Å². The summed E-state index contributed by atoms with van der Waals surface area (Å²) in [7, 11) is -3.07. The van der Waals surface area contributed by atoms with E-state index in [2.05, 4.69) is 38.1 Å². The van der Waals surface area contributed by atoms with Crippen LogP contribution in [0.15, 0.2) is 78.9 Å². The van der Waals surface area contributed by atoms with Crippen molar-refractivity contribution in [3.63, 3.8) is 0 Å². The Morgan fingerprint density at radius 1 is 0.900 bits per heavy atom. The second kappa shape index (κ2) is 8.10. The number of fused-ring (bicyclic) bond motifs is 1. The van der Waals surface area contributed by atoms with Crippen molar-refractivity contribution in [3.05, 3.63) is 95.8 Å². The van der Waals surface area contributed by atoms with E-state index in [9.17, 15) is 9.19 Å². The predicted octanol–water partition coefficient (Wildman–Crippen LogP) is 4.63. The van der Waals surface area contributed by atoms with Crippen molar-refractivity contribution in [1.82, 2.24) is 0 Å². The summed E-state index contributed by atoms with van der Waals surface area (Å²) < 4.78 is 13.9. The molecule has 0 unspecified atom stereocenters. The van der Waals surface area contributed by atoms with Gasteiger partial charge in [-0.25, -0.2) is 4.39 Å². The van der Waals surface area contributed by atoms with Crippen LogP contribution >= 0.6 is 0 Å². The SMILES string of the molecule is CC(C)(C[C@@H]1CC[C@@H](N)c2cc(F)ccc21)[Si](O)(c1ccccc1)c1ccccc1. The molecule has 0 radical (unpaired) electrons. The lowest BCUT2D eigenvalue weighted by atomic mass is 9.76. The maximum atomic E-state index is 13.9. The molecule has 0 aliphatic heterocycles.